The SMILES string of the molecule is COC(=O)CCC[C@@H]1CC[C@@H](C#C/C=C/CCCCCC/C=C\Br)O1. The summed E-state index contributed by atoms with van der Waals surface area (Å²) in [5, 5.41) is 0. The Kier molecular flexibility index (Phi) is 13.4. The van der Waals surface area contributed by atoms with Crippen molar-refractivity contribution in [2.75, 3.05) is 7.11 Å². The van der Waals surface area contributed by atoms with Crippen LogP contribution in [-0.4, -0.2) is 25.3 Å². The van der Waals surface area contributed by atoms with Crippen LogP contribution in [0.5, 0.6) is 0 Å². The van der Waals surface area contributed by atoms with Gasteiger partial charge in [-0.3, -0.25) is 4.79 Å². The van der Waals surface area contributed by atoms with Crippen LogP contribution in [-0.2, 0) is 14.3 Å². The summed E-state index contributed by atoms with van der Waals surface area (Å²) in [5.41, 5.74) is 0. The molecule has 0 spiro atoms. The Morgan fingerprint density at radius 3 is 2.64 bits per heavy atom. The molecule has 0 radical (unpaired) electrons. The Labute approximate surface area is 161 Å². The maximum absolute atomic E-state index is 11.1. The summed E-state index contributed by atoms with van der Waals surface area (Å²) in [6.07, 6.45) is 18.2. The highest BCUT2D eigenvalue weighted by molar-refractivity contribution is 9.11. The van der Waals surface area contributed by atoms with Crippen molar-refractivity contribution >= 4 is 21.9 Å². The second-order valence-electron chi connectivity index (χ2n) is 6.34. The van der Waals surface area contributed by atoms with Crippen molar-refractivity contribution in [3.8, 4) is 11.8 Å². The summed E-state index contributed by atoms with van der Waals surface area (Å²) in [4.78, 5) is 13.0. The molecule has 140 valence electrons. The highest BCUT2D eigenvalue weighted by Gasteiger charge is 2.23. The second-order valence-corrected chi connectivity index (χ2v) is 6.87. The Morgan fingerprint density at radius 1 is 1.16 bits per heavy atom. The summed E-state index contributed by atoms with van der Waals surface area (Å²) in [7, 11) is 1.43. The number of carbonyl (C=O) groups excluding carboxylic acids is 1. The van der Waals surface area contributed by atoms with Gasteiger partial charge in [-0.25, -0.2) is 0 Å². The first kappa shape index (κ1) is 22.0. The monoisotopic (exact) mass is 410 g/mol. The Bertz CT molecular complexity index is 473. The van der Waals surface area contributed by atoms with Crippen molar-refractivity contribution in [3.63, 3.8) is 0 Å². The van der Waals surface area contributed by atoms with E-state index in [-0.39, 0.29) is 18.2 Å². The predicted molar refractivity (Wildman–Crippen MR) is 106 cm³/mol. The third-order valence-electron chi connectivity index (χ3n) is 4.27. The van der Waals surface area contributed by atoms with Crippen LogP contribution < -0.4 is 0 Å². The number of methoxy groups -OCH3 is 1. The van der Waals surface area contributed by atoms with E-state index in [4.69, 9.17) is 4.74 Å². The Hall–Kier alpha value is -1.05. The van der Waals surface area contributed by atoms with E-state index in [0.717, 1.165) is 38.5 Å². The van der Waals surface area contributed by atoms with Crippen molar-refractivity contribution in [2.24, 2.45) is 0 Å². The zero-order chi connectivity index (χ0) is 18.2. The number of halogens is 1. The topological polar surface area (TPSA) is 35.5 Å². The lowest BCUT2D eigenvalue weighted by atomic mass is 10.1. The molecule has 3 nitrogen and oxygen atoms in total. The average molecular weight is 411 g/mol. The number of esters is 1. The Morgan fingerprint density at radius 2 is 1.92 bits per heavy atom. The molecule has 1 rings (SSSR count). The van der Waals surface area contributed by atoms with E-state index in [0.29, 0.717) is 6.42 Å². The van der Waals surface area contributed by atoms with E-state index >= 15 is 0 Å². The minimum absolute atomic E-state index is 0.0512. The number of unbranched alkanes of at least 4 members (excludes halogenated alkanes) is 5. The van der Waals surface area contributed by atoms with Crippen LogP contribution in [0.2, 0.25) is 0 Å². The zero-order valence-electron chi connectivity index (χ0n) is 15.3. The molecular weight excluding hydrogens is 380 g/mol. The van der Waals surface area contributed by atoms with Crippen LogP contribution in [0.25, 0.3) is 0 Å². The summed E-state index contributed by atoms with van der Waals surface area (Å²) >= 11 is 3.29. The van der Waals surface area contributed by atoms with Crippen LogP contribution in [0.15, 0.2) is 23.2 Å². The maximum atomic E-state index is 11.1. The molecule has 0 saturated carbocycles. The quantitative estimate of drug-likeness (QED) is 0.249. The number of allylic oxidation sites excluding steroid dienone is 3. The molecule has 2 atom stereocenters. The first-order valence-corrected chi connectivity index (χ1v) is 10.3. The molecule has 1 aliphatic heterocycles. The number of hydrogen-bond donors (Lipinski definition) is 0. The third kappa shape index (κ3) is 12.0. The third-order valence-corrected chi connectivity index (χ3v) is 4.64. The van der Waals surface area contributed by atoms with Gasteiger partial charge in [-0.15, -0.1) is 0 Å². The normalized spacial score (nSPS) is 20.1. The molecule has 25 heavy (non-hydrogen) atoms. The van der Waals surface area contributed by atoms with Gasteiger partial charge in [0.1, 0.15) is 6.10 Å². The summed E-state index contributed by atoms with van der Waals surface area (Å²) in [5.74, 6) is 6.15. The van der Waals surface area contributed by atoms with Crippen LogP contribution in [0, 0.1) is 11.8 Å². The van der Waals surface area contributed by atoms with Crippen LogP contribution in [0.1, 0.15) is 70.6 Å². The molecule has 0 bridgehead atoms. The van der Waals surface area contributed by atoms with Crippen LogP contribution in [0.4, 0.5) is 0 Å². The maximum Gasteiger partial charge on any atom is 0.305 e. The van der Waals surface area contributed by atoms with Gasteiger partial charge < -0.3 is 9.47 Å². The molecule has 1 fully saturated rings. The number of ether oxygens (including phenoxy) is 2. The fourth-order valence-electron chi connectivity index (χ4n) is 2.82. The lowest BCUT2D eigenvalue weighted by Gasteiger charge is -2.09. The number of rotatable bonds is 11. The van der Waals surface area contributed by atoms with Gasteiger partial charge in [0, 0.05) is 6.42 Å². The van der Waals surface area contributed by atoms with Crippen LogP contribution >= 0.6 is 15.9 Å². The summed E-state index contributed by atoms with van der Waals surface area (Å²) < 4.78 is 10.5. The summed E-state index contributed by atoms with van der Waals surface area (Å²) in [6, 6.07) is 0. The lowest BCUT2D eigenvalue weighted by Crippen LogP contribution is -2.10. The standard InChI is InChI=1S/C21H31BrO3/c1-24-21(23)15-12-14-20-17-16-19(25-20)13-10-8-6-4-2-3-5-7-9-11-18-22/h6,8,11,18-20H,2-5,7,9,12,14-17H2,1H3/b8-6+,18-11-/t19-,20-/m1/s1. The molecule has 1 aliphatic rings. The molecule has 4 heteroatoms. The van der Waals surface area contributed by atoms with Crippen molar-refractivity contribution in [1.29, 1.82) is 0 Å². The van der Waals surface area contributed by atoms with Gasteiger partial charge in [0.25, 0.3) is 0 Å². The van der Waals surface area contributed by atoms with Gasteiger partial charge in [0.15, 0.2) is 0 Å². The molecule has 0 aromatic rings. The smallest absolute Gasteiger partial charge is 0.305 e. The molecule has 0 aliphatic carbocycles. The van der Waals surface area contributed by atoms with Gasteiger partial charge >= 0.3 is 5.97 Å². The van der Waals surface area contributed by atoms with E-state index in [1.807, 2.05) is 11.1 Å². The van der Waals surface area contributed by atoms with Gasteiger partial charge in [-0.1, -0.05) is 52.8 Å². The fraction of sp³-hybridized carbons (Fsp3) is 0.667. The molecule has 1 heterocycles. The van der Waals surface area contributed by atoms with Crippen molar-refractivity contribution in [2.45, 2.75) is 82.8 Å². The second kappa shape index (κ2) is 15.2. The molecular formula is C21H31BrO3. The minimum Gasteiger partial charge on any atom is -0.469 e. The number of carbonyl (C=O) groups is 1. The van der Waals surface area contributed by atoms with E-state index in [9.17, 15) is 4.79 Å². The van der Waals surface area contributed by atoms with Gasteiger partial charge in [0.2, 0.25) is 0 Å². The largest absolute Gasteiger partial charge is 0.469 e. The first-order chi connectivity index (χ1) is 12.3. The molecule has 0 unspecified atom stereocenters. The molecule has 0 amide bonds. The molecule has 0 N–H and O–H groups in total. The molecule has 1 saturated heterocycles. The minimum atomic E-state index is -0.143. The zero-order valence-corrected chi connectivity index (χ0v) is 16.9. The Balaban J connectivity index is 2.03. The van der Waals surface area contributed by atoms with Gasteiger partial charge in [-0.05, 0) is 62.4 Å². The summed E-state index contributed by atoms with van der Waals surface area (Å²) in [6.45, 7) is 0. The highest BCUT2D eigenvalue weighted by atomic mass is 79.9. The van der Waals surface area contributed by atoms with E-state index in [1.54, 1.807) is 0 Å². The fourth-order valence-corrected chi connectivity index (χ4v) is 3.09. The van der Waals surface area contributed by atoms with E-state index in [1.165, 1.54) is 32.8 Å². The molecule has 0 aromatic heterocycles. The van der Waals surface area contributed by atoms with Crippen molar-refractivity contribution in [1.82, 2.24) is 0 Å². The lowest BCUT2D eigenvalue weighted by molar-refractivity contribution is -0.140. The molecule has 0 aromatic carbocycles. The first-order valence-electron chi connectivity index (χ1n) is 9.39. The van der Waals surface area contributed by atoms with E-state index in [2.05, 4.69) is 44.7 Å². The predicted octanol–water partition coefficient (Wildman–Crippen LogP) is 5.69. The average Bonchev–Trinajstić information content (AvgIpc) is 3.07. The van der Waals surface area contributed by atoms with Gasteiger partial charge in [0.05, 0.1) is 13.2 Å². The van der Waals surface area contributed by atoms with E-state index < -0.39 is 0 Å². The van der Waals surface area contributed by atoms with Crippen LogP contribution in [0.3, 0.4) is 0 Å². The number of hydrogen-bond acceptors (Lipinski definition) is 3. The van der Waals surface area contributed by atoms with Crippen molar-refractivity contribution < 1.29 is 14.3 Å². The van der Waals surface area contributed by atoms with Gasteiger partial charge in [-0.2, -0.15) is 0 Å². The highest BCUT2D eigenvalue weighted by Crippen LogP contribution is 2.23. The van der Waals surface area contributed by atoms with Crippen molar-refractivity contribution in [3.05, 3.63) is 23.2 Å².